The Balaban J connectivity index is 2.16. The molecule has 15 heavy (non-hydrogen) atoms. The minimum atomic E-state index is 0.802. The lowest BCUT2D eigenvalue weighted by Gasteiger charge is -1.90. The fourth-order valence-corrected chi connectivity index (χ4v) is 1.29. The highest BCUT2D eigenvalue weighted by molar-refractivity contribution is 5.73. The van der Waals surface area contributed by atoms with Gasteiger partial charge in [0.2, 0.25) is 0 Å². The van der Waals surface area contributed by atoms with E-state index < -0.39 is 0 Å². The molecule has 0 atom stereocenters. The molecule has 0 saturated carbocycles. The van der Waals surface area contributed by atoms with Crippen LogP contribution in [0.15, 0.2) is 29.0 Å². The van der Waals surface area contributed by atoms with Crippen LogP contribution in [0.2, 0.25) is 0 Å². The summed E-state index contributed by atoms with van der Waals surface area (Å²) in [5, 5.41) is 3.05. The molecule has 76 valence electrons. The van der Waals surface area contributed by atoms with Gasteiger partial charge < -0.3 is 9.73 Å². The van der Waals surface area contributed by atoms with Gasteiger partial charge in [0.1, 0.15) is 5.52 Å². The van der Waals surface area contributed by atoms with Crippen LogP contribution in [0.1, 0.15) is 12.0 Å². The van der Waals surface area contributed by atoms with Crippen LogP contribution < -0.4 is 5.32 Å². The van der Waals surface area contributed by atoms with Crippen molar-refractivity contribution in [3.8, 4) is 11.8 Å². The quantitative estimate of drug-likeness (QED) is 0.593. The van der Waals surface area contributed by atoms with Crippen molar-refractivity contribution >= 4 is 11.1 Å². The van der Waals surface area contributed by atoms with Crippen molar-refractivity contribution in [2.75, 3.05) is 13.6 Å². The molecule has 0 aliphatic rings. The van der Waals surface area contributed by atoms with Crippen molar-refractivity contribution in [3.63, 3.8) is 0 Å². The van der Waals surface area contributed by atoms with E-state index >= 15 is 0 Å². The maximum atomic E-state index is 5.15. The van der Waals surface area contributed by atoms with Crippen molar-refractivity contribution in [3.05, 3.63) is 30.2 Å². The molecule has 0 bridgehead atoms. The second kappa shape index (κ2) is 4.63. The van der Waals surface area contributed by atoms with Crippen molar-refractivity contribution in [1.82, 2.24) is 10.3 Å². The Labute approximate surface area is 88.5 Å². The number of oxazole rings is 1. The molecule has 0 unspecified atom stereocenters. The highest BCUT2D eigenvalue weighted by Crippen LogP contribution is 2.13. The normalized spacial score (nSPS) is 9.93. The van der Waals surface area contributed by atoms with E-state index in [9.17, 15) is 0 Å². The number of nitrogens with zero attached hydrogens (tertiary/aromatic N) is 1. The Kier molecular flexibility index (Phi) is 3.01. The molecule has 0 saturated heterocycles. The van der Waals surface area contributed by atoms with Crippen LogP contribution in [0.4, 0.5) is 0 Å². The summed E-state index contributed by atoms with van der Waals surface area (Å²) in [5.41, 5.74) is 2.64. The summed E-state index contributed by atoms with van der Waals surface area (Å²) >= 11 is 0. The third-order valence-electron chi connectivity index (χ3n) is 2.06. The van der Waals surface area contributed by atoms with E-state index in [2.05, 4.69) is 22.1 Å². The molecule has 3 nitrogen and oxygen atoms in total. The zero-order chi connectivity index (χ0) is 10.5. The molecule has 1 aromatic heterocycles. The van der Waals surface area contributed by atoms with E-state index in [4.69, 9.17) is 4.42 Å². The third kappa shape index (κ3) is 2.36. The maximum absolute atomic E-state index is 5.15. The van der Waals surface area contributed by atoms with Crippen LogP contribution in [-0.4, -0.2) is 18.6 Å². The summed E-state index contributed by atoms with van der Waals surface area (Å²) in [6.45, 7) is 0.916. The monoisotopic (exact) mass is 200 g/mol. The molecule has 0 radical (unpaired) electrons. The van der Waals surface area contributed by atoms with Gasteiger partial charge in [-0.2, -0.15) is 0 Å². The highest BCUT2D eigenvalue weighted by atomic mass is 16.3. The molecule has 0 spiro atoms. The molecule has 0 aliphatic heterocycles. The van der Waals surface area contributed by atoms with Crippen molar-refractivity contribution in [1.29, 1.82) is 0 Å². The summed E-state index contributed by atoms with van der Waals surface area (Å²) in [7, 11) is 1.92. The fraction of sp³-hybridized carbons (Fsp3) is 0.250. The van der Waals surface area contributed by atoms with Gasteiger partial charge in [-0.25, -0.2) is 4.98 Å². The predicted octanol–water partition coefficient (Wildman–Crippen LogP) is 1.79. The van der Waals surface area contributed by atoms with Gasteiger partial charge in [-0.05, 0) is 25.2 Å². The number of rotatable bonds is 2. The number of hydrogen-bond donors (Lipinski definition) is 1. The van der Waals surface area contributed by atoms with Crippen molar-refractivity contribution < 1.29 is 4.42 Å². The van der Waals surface area contributed by atoms with Crippen LogP contribution in [-0.2, 0) is 0 Å². The molecular weight excluding hydrogens is 188 g/mol. The number of nitrogens with one attached hydrogen (secondary N) is 1. The second-order valence-electron chi connectivity index (χ2n) is 3.19. The lowest BCUT2D eigenvalue weighted by molar-refractivity contribution is 0.602. The van der Waals surface area contributed by atoms with Crippen LogP contribution in [0.5, 0.6) is 0 Å². The van der Waals surface area contributed by atoms with E-state index in [-0.39, 0.29) is 0 Å². The van der Waals surface area contributed by atoms with Crippen LogP contribution in [0, 0.1) is 11.8 Å². The molecule has 3 heteroatoms. The van der Waals surface area contributed by atoms with Gasteiger partial charge in [0, 0.05) is 18.5 Å². The van der Waals surface area contributed by atoms with Gasteiger partial charge in [-0.3, -0.25) is 0 Å². The first kappa shape index (κ1) is 9.75. The van der Waals surface area contributed by atoms with Gasteiger partial charge in [0.15, 0.2) is 12.0 Å². The number of aromatic nitrogens is 1. The lowest BCUT2D eigenvalue weighted by Crippen LogP contribution is -2.05. The molecule has 1 heterocycles. The Morgan fingerprint density at radius 1 is 1.47 bits per heavy atom. The Hall–Kier alpha value is -1.79. The first-order chi connectivity index (χ1) is 7.40. The van der Waals surface area contributed by atoms with E-state index in [1.54, 1.807) is 0 Å². The first-order valence-electron chi connectivity index (χ1n) is 4.87. The van der Waals surface area contributed by atoms with E-state index in [0.29, 0.717) is 0 Å². The van der Waals surface area contributed by atoms with Gasteiger partial charge in [0.05, 0.1) is 0 Å². The topological polar surface area (TPSA) is 38.1 Å². The third-order valence-corrected chi connectivity index (χ3v) is 2.06. The zero-order valence-electron chi connectivity index (χ0n) is 8.58. The van der Waals surface area contributed by atoms with E-state index in [1.165, 1.54) is 6.39 Å². The summed E-state index contributed by atoms with van der Waals surface area (Å²) < 4.78 is 5.15. The van der Waals surface area contributed by atoms with Gasteiger partial charge in [0.25, 0.3) is 0 Å². The van der Waals surface area contributed by atoms with Gasteiger partial charge in [-0.1, -0.05) is 11.8 Å². The zero-order valence-corrected chi connectivity index (χ0v) is 8.58. The first-order valence-corrected chi connectivity index (χ1v) is 4.87. The summed E-state index contributed by atoms with van der Waals surface area (Å²) in [6, 6.07) is 5.77. The van der Waals surface area contributed by atoms with Crippen LogP contribution in [0.3, 0.4) is 0 Å². The van der Waals surface area contributed by atoms with Crippen LogP contribution >= 0.6 is 0 Å². The molecule has 0 amide bonds. The standard InChI is InChI=1S/C12H12N2O/c1-13-7-3-2-4-10-5-6-12-11(8-10)14-9-15-12/h5-6,8-9,13H,3,7H2,1H3. The summed E-state index contributed by atoms with van der Waals surface area (Å²) in [6.07, 6.45) is 2.30. The average Bonchev–Trinajstić information content (AvgIpc) is 2.71. The Morgan fingerprint density at radius 3 is 3.27 bits per heavy atom. The van der Waals surface area contributed by atoms with Crippen molar-refractivity contribution in [2.24, 2.45) is 0 Å². The number of hydrogen-bond acceptors (Lipinski definition) is 3. The Morgan fingerprint density at radius 2 is 2.40 bits per heavy atom. The predicted molar refractivity (Wildman–Crippen MR) is 59.4 cm³/mol. The summed E-state index contributed by atoms with van der Waals surface area (Å²) in [4.78, 5) is 4.08. The maximum Gasteiger partial charge on any atom is 0.181 e. The molecular formula is C12H12N2O. The summed E-state index contributed by atoms with van der Waals surface area (Å²) in [5.74, 6) is 6.18. The molecule has 0 fully saturated rings. The molecule has 2 rings (SSSR count). The average molecular weight is 200 g/mol. The molecule has 2 aromatic rings. The molecule has 1 N–H and O–H groups in total. The highest BCUT2D eigenvalue weighted by Gasteiger charge is 1.97. The number of fused-ring (bicyclic) bond motifs is 1. The van der Waals surface area contributed by atoms with Crippen molar-refractivity contribution in [2.45, 2.75) is 6.42 Å². The number of benzene rings is 1. The van der Waals surface area contributed by atoms with Crippen LogP contribution in [0.25, 0.3) is 11.1 Å². The smallest absolute Gasteiger partial charge is 0.181 e. The molecule has 1 aromatic carbocycles. The second-order valence-corrected chi connectivity index (χ2v) is 3.19. The lowest BCUT2D eigenvalue weighted by atomic mass is 10.2. The minimum absolute atomic E-state index is 0.802. The largest absolute Gasteiger partial charge is 0.443 e. The van der Waals surface area contributed by atoms with E-state index in [0.717, 1.165) is 29.6 Å². The van der Waals surface area contributed by atoms with Gasteiger partial charge >= 0.3 is 0 Å². The Bertz CT molecular complexity index is 505. The van der Waals surface area contributed by atoms with Gasteiger partial charge in [-0.15, -0.1) is 0 Å². The fourth-order valence-electron chi connectivity index (χ4n) is 1.29. The minimum Gasteiger partial charge on any atom is -0.443 e. The SMILES string of the molecule is CNCCC#Cc1ccc2ocnc2c1. The van der Waals surface area contributed by atoms with E-state index in [1.807, 2.05) is 25.2 Å². The molecule has 0 aliphatic carbocycles.